The molecule has 35 heavy (non-hydrogen) atoms. The molecule has 1 saturated heterocycles. The number of methoxy groups -OCH3 is 1. The van der Waals surface area contributed by atoms with Crippen LogP contribution in [0, 0.1) is 0 Å². The Balaban J connectivity index is 1.18. The lowest BCUT2D eigenvalue weighted by Gasteiger charge is -2.21. The third-order valence-corrected chi connectivity index (χ3v) is 5.77. The van der Waals surface area contributed by atoms with Gasteiger partial charge in [0.1, 0.15) is 19.3 Å². The number of aliphatic hydroxyl groups is 1. The minimum Gasteiger partial charge on any atom is -0.486 e. The number of fused-ring (bicyclic) bond motifs is 2. The molecule has 0 radical (unpaired) electrons. The number of aliphatic hydroxyl groups excluding tert-OH is 1. The summed E-state index contributed by atoms with van der Waals surface area (Å²) in [5.74, 6) is 1.20. The van der Waals surface area contributed by atoms with Gasteiger partial charge < -0.3 is 29.4 Å². The summed E-state index contributed by atoms with van der Waals surface area (Å²) >= 11 is 0. The predicted molar refractivity (Wildman–Crippen MR) is 124 cm³/mol. The summed E-state index contributed by atoms with van der Waals surface area (Å²) in [5.41, 5.74) is 2.14. The fourth-order valence-corrected chi connectivity index (χ4v) is 4.03. The third kappa shape index (κ3) is 4.76. The van der Waals surface area contributed by atoms with Gasteiger partial charge in [-0.2, -0.15) is 0 Å². The molecule has 11 heteroatoms. The Morgan fingerprint density at radius 1 is 1.23 bits per heavy atom. The van der Waals surface area contributed by atoms with Crippen LogP contribution < -0.4 is 24.4 Å². The van der Waals surface area contributed by atoms with Crippen LogP contribution in [0.1, 0.15) is 18.1 Å². The molecular weight excluding hydrogens is 456 g/mol. The van der Waals surface area contributed by atoms with E-state index in [1.54, 1.807) is 42.6 Å². The van der Waals surface area contributed by atoms with Crippen molar-refractivity contribution in [3.63, 3.8) is 0 Å². The van der Waals surface area contributed by atoms with E-state index in [1.807, 2.05) is 0 Å². The number of pyridine rings is 2. The van der Waals surface area contributed by atoms with Crippen molar-refractivity contribution < 1.29 is 33.6 Å². The maximum Gasteiger partial charge on any atom is 0.414 e. The molecule has 1 fully saturated rings. The van der Waals surface area contributed by atoms with Crippen LogP contribution in [0.15, 0.2) is 42.6 Å². The molecule has 3 aromatic rings. The number of hydrogen-bond donors (Lipinski definition) is 2. The number of carbonyl (C=O) groups excluding carboxylic acids is 2. The highest BCUT2D eigenvalue weighted by Crippen LogP contribution is 2.35. The molecule has 1 aromatic carbocycles. The van der Waals surface area contributed by atoms with Gasteiger partial charge in [-0.3, -0.25) is 14.7 Å². The minimum atomic E-state index is -1.10. The average molecular weight is 480 g/mol. The second kappa shape index (κ2) is 9.63. The Labute approximate surface area is 200 Å². The maximum absolute atomic E-state index is 12.5. The molecule has 2 aliphatic rings. The number of hydrogen-bond acceptors (Lipinski definition) is 9. The van der Waals surface area contributed by atoms with Gasteiger partial charge in [-0.05, 0) is 24.3 Å². The van der Waals surface area contributed by atoms with Crippen LogP contribution in [-0.4, -0.2) is 66.6 Å². The van der Waals surface area contributed by atoms with E-state index in [0.29, 0.717) is 52.9 Å². The van der Waals surface area contributed by atoms with E-state index < -0.39 is 18.3 Å². The Bertz CT molecular complexity index is 1270. The van der Waals surface area contributed by atoms with Crippen LogP contribution in [0.5, 0.6) is 17.4 Å². The maximum atomic E-state index is 12.5. The van der Waals surface area contributed by atoms with E-state index in [1.165, 1.54) is 12.0 Å². The smallest absolute Gasteiger partial charge is 0.414 e. The molecule has 2 aromatic heterocycles. The molecule has 2 atom stereocenters. The highest BCUT2D eigenvalue weighted by Gasteiger charge is 2.33. The molecule has 2 amide bonds. The van der Waals surface area contributed by atoms with Gasteiger partial charge in [0.25, 0.3) is 0 Å². The SMILES string of the molecule is COc1ccc2nccc([C@@H](O)CC(=O)NC[C@@H]3CN(c4ccc5c(c4)OCCO5)C(=O)O3)c2n1. The van der Waals surface area contributed by atoms with Crippen LogP contribution in [0.25, 0.3) is 11.0 Å². The third-order valence-electron chi connectivity index (χ3n) is 5.77. The molecule has 0 saturated carbocycles. The normalized spacial score (nSPS) is 17.7. The van der Waals surface area contributed by atoms with Gasteiger partial charge in [-0.25, -0.2) is 9.78 Å². The monoisotopic (exact) mass is 480 g/mol. The van der Waals surface area contributed by atoms with Crippen molar-refractivity contribution in [3.05, 3.63) is 48.2 Å². The number of cyclic esters (lactones) is 1. The summed E-state index contributed by atoms with van der Waals surface area (Å²) in [4.78, 5) is 35.0. The molecule has 2 N–H and O–H groups in total. The molecule has 0 spiro atoms. The minimum absolute atomic E-state index is 0.113. The van der Waals surface area contributed by atoms with Crippen molar-refractivity contribution in [2.75, 3.05) is 38.3 Å². The number of ether oxygens (including phenoxy) is 4. The fraction of sp³-hybridized carbons (Fsp3) is 0.333. The van der Waals surface area contributed by atoms with E-state index >= 15 is 0 Å². The lowest BCUT2D eigenvalue weighted by Crippen LogP contribution is -2.35. The van der Waals surface area contributed by atoms with Gasteiger partial charge in [0.2, 0.25) is 11.8 Å². The van der Waals surface area contributed by atoms with Crippen molar-refractivity contribution >= 4 is 28.7 Å². The van der Waals surface area contributed by atoms with Crippen LogP contribution in [0.3, 0.4) is 0 Å². The van der Waals surface area contributed by atoms with Crippen molar-refractivity contribution in [3.8, 4) is 17.4 Å². The number of nitrogens with one attached hydrogen (secondary N) is 1. The number of nitrogens with zero attached hydrogens (tertiary/aromatic N) is 3. The summed E-state index contributed by atoms with van der Waals surface area (Å²) in [6.45, 7) is 1.30. The first-order chi connectivity index (χ1) is 17.0. The Kier molecular flexibility index (Phi) is 6.23. The highest BCUT2D eigenvalue weighted by molar-refractivity contribution is 5.90. The van der Waals surface area contributed by atoms with E-state index in [9.17, 15) is 14.7 Å². The first kappa shape index (κ1) is 22.7. The number of aromatic nitrogens is 2. The molecule has 0 aliphatic carbocycles. The zero-order valence-corrected chi connectivity index (χ0v) is 19.0. The van der Waals surface area contributed by atoms with Crippen LogP contribution in [-0.2, 0) is 9.53 Å². The van der Waals surface area contributed by atoms with Crippen LogP contribution >= 0.6 is 0 Å². The van der Waals surface area contributed by atoms with E-state index in [2.05, 4.69) is 15.3 Å². The summed E-state index contributed by atoms with van der Waals surface area (Å²) < 4.78 is 21.6. The lowest BCUT2D eigenvalue weighted by molar-refractivity contribution is -0.123. The topological polar surface area (TPSA) is 132 Å². The second-order valence-electron chi connectivity index (χ2n) is 8.09. The number of carbonyl (C=O) groups is 2. The number of rotatable bonds is 7. The van der Waals surface area contributed by atoms with Gasteiger partial charge in [0, 0.05) is 23.9 Å². The number of benzene rings is 1. The van der Waals surface area contributed by atoms with E-state index in [0.717, 1.165) is 0 Å². The van der Waals surface area contributed by atoms with Crippen molar-refractivity contribution in [1.29, 1.82) is 0 Å². The largest absolute Gasteiger partial charge is 0.486 e. The quantitative estimate of drug-likeness (QED) is 0.521. The molecule has 0 unspecified atom stereocenters. The van der Waals surface area contributed by atoms with Gasteiger partial charge in [0.15, 0.2) is 11.5 Å². The average Bonchev–Trinajstić information content (AvgIpc) is 3.26. The van der Waals surface area contributed by atoms with Gasteiger partial charge in [-0.1, -0.05) is 0 Å². The van der Waals surface area contributed by atoms with Gasteiger partial charge in [-0.15, -0.1) is 0 Å². The summed E-state index contributed by atoms with van der Waals surface area (Å²) in [6.07, 6.45) is -0.781. The number of anilines is 1. The second-order valence-corrected chi connectivity index (χ2v) is 8.09. The fourth-order valence-electron chi connectivity index (χ4n) is 4.03. The predicted octanol–water partition coefficient (Wildman–Crippen LogP) is 1.97. The van der Waals surface area contributed by atoms with Crippen molar-refractivity contribution in [2.24, 2.45) is 0 Å². The Hall–Kier alpha value is -4.12. The molecule has 4 heterocycles. The summed E-state index contributed by atoms with van der Waals surface area (Å²) in [6, 6.07) is 10.3. The standard InChI is InChI=1S/C24H24N4O7/c1-32-22-5-3-17-23(27-22)16(6-7-25-17)18(29)11-21(30)26-12-15-13-28(24(31)35-15)14-2-4-19-20(10-14)34-9-8-33-19/h2-7,10,15,18,29H,8-9,11-13H2,1H3,(H,26,30)/t15-,18+/m1/s1. The first-order valence-corrected chi connectivity index (χ1v) is 11.1. The molecule has 11 nitrogen and oxygen atoms in total. The lowest BCUT2D eigenvalue weighted by atomic mass is 10.1. The first-order valence-electron chi connectivity index (χ1n) is 11.1. The molecule has 0 bridgehead atoms. The molecular formula is C24H24N4O7. The number of amides is 2. The van der Waals surface area contributed by atoms with Gasteiger partial charge >= 0.3 is 6.09 Å². The summed E-state index contributed by atoms with van der Waals surface area (Å²) in [7, 11) is 1.50. The molecule has 5 rings (SSSR count). The highest BCUT2D eigenvalue weighted by atomic mass is 16.6. The molecule has 182 valence electrons. The zero-order chi connectivity index (χ0) is 24.4. The van der Waals surface area contributed by atoms with Crippen LogP contribution in [0.4, 0.5) is 10.5 Å². The Morgan fingerprint density at radius 2 is 2.06 bits per heavy atom. The van der Waals surface area contributed by atoms with Crippen LogP contribution in [0.2, 0.25) is 0 Å². The van der Waals surface area contributed by atoms with Gasteiger partial charge in [0.05, 0.1) is 49.4 Å². The van der Waals surface area contributed by atoms with E-state index in [4.69, 9.17) is 18.9 Å². The molecule has 2 aliphatic heterocycles. The van der Waals surface area contributed by atoms with E-state index in [-0.39, 0.29) is 25.4 Å². The summed E-state index contributed by atoms with van der Waals surface area (Å²) in [5, 5.41) is 13.4. The zero-order valence-electron chi connectivity index (χ0n) is 19.0. The van der Waals surface area contributed by atoms with Crippen molar-refractivity contribution in [2.45, 2.75) is 18.6 Å². The van der Waals surface area contributed by atoms with Crippen molar-refractivity contribution in [1.82, 2.24) is 15.3 Å². The Morgan fingerprint density at radius 3 is 2.89 bits per heavy atom.